The molecule has 3 aromatic rings. The number of rotatable bonds is 7. The van der Waals surface area contributed by atoms with Crippen molar-refractivity contribution in [3.8, 4) is 11.5 Å². The summed E-state index contributed by atoms with van der Waals surface area (Å²) in [5.41, 5.74) is 2.52. The molecule has 0 bridgehead atoms. The maximum absolute atomic E-state index is 12.8. The van der Waals surface area contributed by atoms with E-state index in [4.69, 9.17) is 9.47 Å². The number of carbonyl (C=O) groups is 2. The Morgan fingerprint density at radius 2 is 1.97 bits per heavy atom. The molecule has 2 heterocycles. The fourth-order valence-corrected chi connectivity index (χ4v) is 5.17. The largest absolute Gasteiger partial charge is 0.493 e. The lowest BCUT2D eigenvalue weighted by atomic mass is 10.0. The molecule has 0 aliphatic carbocycles. The van der Waals surface area contributed by atoms with Crippen LogP contribution in [-0.4, -0.2) is 48.5 Å². The maximum atomic E-state index is 12.8. The van der Waals surface area contributed by atoms with Crippen LogP contribution < -0.4 is 19.7 Å². The lowest BCUT2D eigenvalue weighted by Gasteiger charge is -2.29. The number of nitrogens with zero attached hydrogens (tertiary/aromatic N) is 3. The summed E-state index contributed by atoms with van der Waals surface area (Å²) in [6, 6.07) is 13.1. The fraction of sp³-hybridized carbons (Fsp3) is 0.273. The van der Waals surface area contributed by atoms with Gasteiger partial charge in [0.05, 0.1) is 25.5 Å². The van der Waals surface area contributed by atoms with E-state index in [0.717, 1.165) is 25.1 Å². The molecule has 1 aromatic heterocycles. The summed E-state index contributed by atoms with van der Waals surface area (Å²) in [6.45, 7) is 0.718. The van der Waals surface area contributed by atoms with Crippen molar-refractivity contribution in [3.63, 3.8) is 0 Å². The van der Waals surface area contributed by atoms with Crippen LogP contribution in [-0.2, 0) is 11.2 Å². The predicted octanol–water partition coefficient (Wildman–Crippen LogP) is 3.88. The summed E-state index contributed by atoms with van der Waals surface area (Å²) < 4.78 is 11.2. The third-order valence-corrected chi connectivity index (χ3v) is 6.96. The number of amides is 2. The fourth-order valence-electron chi connectivity index (χ4n) is 3.54. The molecule has 166 valence electrons. The van der Waals surface area contributed by atoms with Crippen molar-refractivity contribution < 1.29 is 19.1 Å². The standard InChI is InChI=1S/C22H22N4O4S2/c1-29-17-11-5-9-15(19(17)30-2)20(28)23-21-24-25-22(32-21)31-13-18(27)26-12-6-8-14-7-3-4-10-16(14)26/h3-5,7,9-11H,6,8,12-13H2,1-2H3,(H,23,24,28). The van der Waals surface area contributed by atoms with Gasteiger partial charge in [0.25, 0.3) is 5.91 Å². The molecule has 32 heavy (non-hydrogen) atoms. The van der Waals surface area contributed by atoms with Gasteiger partial charge in [0, 0.05) is 12.2 Å². The number of carbonyl (C=O) groups excluding carboxylic acids is 2. The van der Waals surface area contributed by atoms with E-state index in [9.17, 15) is 9.59 Å². The Morgan fingerprint density at radius 3 is 2.78 bits per heavy atom. The van der Waals surface area contributed by atoms with Crippen molar-refractivity contribution in [3.05, 3.63) is 53.6 Å². The maximum Gasteiger partial charge on any atom is 0.261 e. The number of ether oxygens (including phenoxy) is 2. The second-order valence-corrected chi connectivity index (χ2v) is 9.13. The van der Waals surface area contributed by atoms with Gasteiger partial charge in [-0.15, -0.1) is 10.2 Å². The topological polar surface area (TPSA) is 93.7 Å². The van der Waals surface area contributed by atoms with Crippen molar-refractivity contribution in [2.45, 2.75) is 17.2 Å². The van der Waals surface area contributed by atoms with Crippen LogP contribution in [0.5, 0.6) is 11.5 Å². The minimum Gasteiger partial charge on any atom is -0.493 e. The van der Waals surface area contributed by atoms with Crippen LogP contribution in [0.2, 0.25) is 0 Å². The number of para-hydroxylation sites is 2. The molecule has 8 nitrogen and oxygen atoms in total. The van der Waals surface area contributed by atoms with Gasteiger partial charge in [0.2, 0.25) is 11.0 Å². The predicted molar refractivity (Wildman–Crippen MR) is 125 cm³/mol. The average molecular weight is 471 g/mol. The molecule has 10 heteroatoms. The number of thioether (sulfide) groups is 1. The highest BCUT2D eigenvalue weighted by Gasteiger charge is 2.23. The zero-order valence-electron chi connectivity index (χ0n) is 17.7. The molecule has 0 unspecified atom stereocenters. The SMILES string of the molecule is COc1cccc(C(=O)Nc2nnc(SCC(=O)N3CCCc4ccccc43)s2)c1OC. The summed E-state index contributed by atoms with van der Waals surface area (Å²) in [6.07, 6.45) is 1.95. The summed E-state index contributed by atoms with van der Waals surface area (Å²) in [4.78, 5) is 27.3. The van der Waals surface area contributed by atoms with E-state index in [1.54, 1.807) is 18.2 Å². The molecule has 0 atom stereocenters. The van der Waals surface area contributed by atoms with E-state index in [-0.39, 0.29) is 17.6 Å². The van der Waals surface area contributed by atoms with E-state index in [1.807, 2.05) is 23.1 Å². The number of hydrogen-bond donors (Lipinski definition) is 1. The number of aryl methyl sites for hydroxylation is 1. The second-order valence-electron chi connectivity index (χ2n) is 6.93. The van der Waals surface area contributed by atoms with Gasteiger partial charge in [-0.2, -0.15) is 0 Å². The van der Waals surface area contributed by atoms with E-state index < -0.39 is 0 Å². The summed E-state index contributed by atoms with van der Waals surface area (Å²) in [7, 11) is 2.99. The first-order chi connectivity index (χ1) is 15.6. The number of aromatic nitrogens is 2. The lowest BCUT2D eigenvalue weighted by molar-refractivity contribution is -0.116. The molecule has 0 spiro atoms. The zero-order valence-corrected chi connectivity index (χ0v) is 19.3. The van der Waals surface area contributed by atoms with Crippen LogP contribution in [0, 0.1) is 0 Å². The minimum atomic E-state index is -0.380. The van der Waals surface area contributed by atoms with Gasteiger partial charge in [-0.1, -0.05) is 47.4 Å². The molecule has 1 aliphatic rings. The van der Waals surface area contributed by atoms with E-state index in [0.29, 0.717) is 26.5 Å². The van der Waals surface area contributed by atoms with Gasteiger partial charge in [0.1, 0.15) is 0 Å². The molecule has 4 rings (SSSR count). The molecular formula is C22H22N4O4S2. The highest BCUT2D eigenvalue weighted by atomic mass is 32.2. The molecule has 2 aromatic carbocycles. The Kier molecular flexibility index (Phi) is 6.91. The van der Waals surface area contributed by atoms with Gasteiger partial charge in [0.15, 0.2) is 15.8 Å². The first-order valence-electron chi connectivity index (χ1n) is 9.97. The molecule has 1 N–H and O–H groups in total. The molecule has 0 saturated carbocycles. The first kappa shape index (κ1) is 22.1. The van der Waals surface area contributed by atoms with Crippen molar-refractivity contribution in [1.29, 1.82) is 0 Å². The quantitative estimate of drug-likeness (QED) is 0.414. The highest BCUT2D eigenvalue weighted by Crippen LogP contribution is 2.33. The second kappa shape index (κ2) is 10.0. The number of hydrogen-bond acceptors (Lipinski definition) is 8. The number of methoxy groups -OCH3 is 2. The van der Waals surface area contributed by atoms with E-state index in [2.05, 4.69) is 21.6 Å². The summed E-state index contributed by atoms with van der Waals surface area (Å²) in [5, 5.41) is 11.2. The molecule has 0 radical (unpaired) electrons. The normalized spacial score (nSPS) is 12.8. The van der Waals surface area contributed by atoms with Crippen molar-refractivity contribution >= 4 is 45.7 Å². The van der Waals surface area contributed by atoms with Crippen molar-refractivity contribution in [2.75, 3.05) is 36.7 Å². The van der Waals surface area contributed by atoms with Crippen molar-refractivity contribution in [2.24, 2.45) is 0 Å². The van der Waals surface area contributed by atoms with Crippen LogP contribution >= 0.6 is 23.1 Å². The smallest absolute Gasteiger partial charge is 0.261 e. The van der Waals surface area contributed by atoms with Gasteiger partial charge >= 0.3 is 0 Å². The number of anilines is 2. The van der Waals surface area contributed by atoms with Gasteiger partial charge < -0.3 is 14.4 Å². The highest BCUT2D eigenvalue weighted by molar-refractivity contribution is 8.01. The Balaban J connectivity index is 1.38. The number of nitrogens with one attached hydrogen (secondary N) is 1. The molecule has 1 aliphatic heterocycles. The molecule has 0 fully saturated rings. The Bertz CT molecular complexity index is 1130. The Morgan fingerprint density at radius 1 is 1.12 bits per heavy atom. The minimum absolute atomic E-state index is 0.0315. The third-order valence-electron chi connectivity index (χ3n) is 5.00. The number of fused-ring (bicyclic) bond motifs is 1. The van der Waals surface area contributed by atoms with E-state index in [1.165, 1.54) is 42.9 Å². The van der Waals surface area contributed by atoms with Crippen LogP contribution in [0.4, 0.5) is 10.8 Å². The molecule has 0 saturated heterocycles. The van der Waals surface area contributed by atoms with Crippen LogP contribution in [0.1, 0.15) is 22.3 Å². The van der Waals surface area contributed by atoms with Gasteiger partial charge in [-0.25, -0.2) is 0 Å². The van der Waals surface area contributed by atoms with Crippen LogP contribution in [0.3, 0.4) is 0 Å². The summed E-state index contributed by atoms with van der Waals surface area (Å²) >= 11 is 2.53. The number of benzene rings is 2. The average Bonchev–Trinajstić information content (AvgIpc) is 3.28. The summed E-state index contributed by atoms with van der Waals surface area (Å²) in [5.74, 6) is 0.713. The third kappa shape index (κ3) is 4.71. The monoisotopic (exact) mass is 470 g/mol. The first-order valence-corrected chi connectivity index (χ1v) is 11.8. The van der Waals surface area contributed by atoms with Crippen LogP contribution in [0.25, 0.3) is 0 Å². The Labute approximate surface area is 193 Å². The van der Waals surface area contributed by atoms with Crippen molar-refractivity contribution in [1.82, 2.24) is 10.2 Å². The van der Waals surface area contributed by atoms with Gasteiger partial charge in [-0.3, -0.25) is 14.9 Å². The van der Waals surface area contributed by atoms with E-state index >= 15 is 0 Å². The van der Waals surface area contributed by atoms with Gasteiger partial charge in [-0.05, 0) is 36.6 Å². The molecule has 2 amide bonds. The zero-order chi connectivity index (χ0) is 22.5. The Hall–Kier alpha value is -3.11. The lowest BCUT2D eigenvalue weighted by Crippen LogP contribution is -2.36. The molecular weight excluding hydrogens is 448 g/mol. The van der Waals surface area contributed by atoms with Crippen LogP contribution in [0.15, 0.2) is 46.8 Å².